The van der Waals surface area contributed by atoms with Gasteiger partial charge in [-0.3, -0.25) is 56.9 Å². The first-order valence-corrected chi connectivity index (χ1v) is 34.0. The molecule has 7 aromatic heterocycles. The minimum Gasteiger partial charge on any atom is -0.384 e. The van der Waals surface area contributed by atoms with Gasteiger partial charge in [-0.05, 0) is 164 Å². The maximum atomic E-state index is 13.1. The summed E-state index contributed by atoms with van der Waals surface area (Å²) in [7, 11) is 0. The van der Waals surface area contributed by atoms with Crippen molar-refractivity contribution in [1.82, 2.24) is 64.5 Å². The Kier molecular flexibility index (Phi) is 24.1. The van der Waals surface area contributed by atoms with Gasteiger partial charge in [0.05, 0.1) is 53.3 Å². The molecule has 30 nitrogen and oxygen atoms in total. The van der Waals surface area contributed by atoms with E-state index in [4.69, 9.17) is 78.9 Å². The third-order valence-corrected chi connectivity index (χ3v) is 19.9. The highest BCUT2D eigenvalue weighted by atomic mass is 79.9. The Bertz CT molecular complexity index is 4570. The maximum Gasteiger partial charge on any atom is 0.276 e. The average Bonchev–Trinajstić information content (AvgIpc) is 1.60. The molecule has 0 aromatic carbocycles. The highest BCUT2D eigenvalue weighted by Crippen LogP contribution is 2.44. The number of pyridine rings is 4. The number of Topliss-reactive ketones (excluding diaryl/α,β-unsaturated/α-hetero) is 1. The number of halogens is 6. The number of carbonyl (C=O) groups is 5. The predicted octanol–water partition coefficient (Wildman–Crippen LogP) is 8.88. The Morgan fingerprint density at radius 1 is 0.510 bits per heavy atom. The number of primary amides is 1. The van der Waals surface area contributed by atoms with Crippen molar-refractivity contribution in [2.45, 2.75) is 120 Å². The van der Waals surface area contributed by atoms with Crippen LogP contribution in [0.4, 0.5) is 28.8 Å². The molecule has 4 aliphatic carbocycles. The number of H-pyrrole nitrogens is 1. The number of nitrogens with zero attached hydrogens (tertiary/aromatic N) is 13. The topological polar surface area (TPSA) is 469 Å². The van der Waals surface area contributed by atoms with E-state index in [0.29, 0.717) is 118 Å². The van der Waals surface area contributed by atoms with Crippen molar-refractivity contribution in [1.29, 1.82) is 21.0 Å². The molecule has 4 saturated carbocycles. The van der Waals surface area contributed by atoms with Crippen LogP contribution in [0.25, 0.3) is 0 Å². The van der Waals surface area contributed by atoms with Crippen molar-refractivity contribution < 1.29 is 24.0 Å². The molecule has 14 rings (SSSR count). The third kappa shape index (κ3) is 16.5. The molecule has 3 aliphatic heterocycles. The Morgan fingerprint density at radius 2 is 0.860 bits per heavy atom. The van der Waals surface area contributed by atoms with Crippen molar-refractivity contribution in [2.24, 2.45) is 29.4 Å². The van der Waals surface area contributed by atoms with Crippen LogP contribution in [0.1, 0.15) is 145 Å². The fourth-order valence-electron chi connectivity index (χ4n) is 12.5. The van der Waals surface area contributed by atoms with Crippen molar-refractivity contribution in [3.8, 4) is 24.3 Å². The molecule has 0 saturated heterocycles. The van der Waals surface area contributed by atoms with Gasteiger partial charge in [0.2, 0.25) is 0 Å². The standard InChI is InChI=1S/2C17H15ClN6O2.C13H11BrClN3O2.C7H9NO.C6H4BrClN2O2.C4H5N3/c2*18-11-7-12(22-13-3-6-20-9-21-13)16(26)24-14(11)15(25)23-17(24)4-1-10(8-19)2-5-17;14-8-5-9(15)10-11(19)17-13(18(10)12(8)20)3-1-7(6-16)2-4-13;8-5-6-1-3-7(9)4-2-6;7-2-1-3(8)4(5(9)11)10-6(2)12;5-4-1-2-6-3-7-4/h2*3,6-7,9-10H,1-2,4-5H2,(H,23,25)(H,20,21,22);5,7H,1-4H2,(H,17,19);6H,1-4H2;1H,(H2,9,11)(H,10,12);1-3H,(H2,5,6,7). The zero-order valence-electron chi connectivity index (χ0n) is 52.5. The van der Waals surface area contributed by atoms with Gasteiger partial charge in [0.25, 0.3) is 45.9 Å². The molecule has 10 N–H and O–H groups in total. The summed E-state index contributed by atoms with van der Waals surface area (Å²) in [6.45, 7) is 0. The highest BCUT2D eigenvalue weighted by molar-refractivity contribution is 9.10. The van der Waals surface area contributed by atoms with Gasteiger partial charge in [0.1, 0.15) is 93.4 Å². The monoisotopic (exact) mass is 1560 g/mol. The molecule has 0 unspecified atom stereocenters. The fraction of sp³-hybridized carbons (Fsp3) is 0.359. The predicted molar refractivity (Wildman–Crippen MR) is 372 cm³/mol. The quantitative estimate of drug-likeness (QED) is 0.0797. The second kappa shape index (κ2) is 32.4. The first-order valence-electron chi connectivity index (χ1n) is 30.9. The van der Waals surface area contributed by atoms with Crippen LogP contribution in [0.5, 0.6) is 0 Å². The molecule has 0 bridgehead atoms. The van der Waals surface area contributed by atoms with E-state index < -0.39 is 28.5 Å². The van der Waals surface area contributed by atoms with Gasteiger partial charge >= 0.3 is 0 Å². The summed E-state index contributed by atoms with van der Waals surface area (Å²) in [5.41, 5.74) is 7.27. The van der Waals surface area contributed by atoms with E-state index in [1.807, 2.05) is 0 Å². The molecule has 10 heterocycles. The Balaban J connectivity index is 0.000000148. The largest absolute Gasteiger partial charge is 0.384 e. The number of rotatable bonds is 5. The highest BCUT2D eigenvalue weighted by Gasteiger charge is 2.50. The molecular formula is C64H59Br2Cl4N21O9. The Labute approximate surface area is 605 Å². The number of nitrogens with two attached hydrogens (primary N) is 2. The van der Waals surface area contributed by atoms with Crippen LogP contribution < -0.4 is 60.3 Å². The number of nitrogen functional groups attached to an aromatic ring is 1. The van der Waals surface area contributed by atoms with E-state index in [9.17, 15) is 43.2 Å². The normalized spacial score (nSPS) is 21.8. The van der Waals surface area contributed by atoms with Crippen LogP contribution in [0.15, 0.2) is 108 Å². The SMILES string of the molecule is N#CC1CCC(=O)CC1.N#CC1CCC2(CC1)NC(=O)c1c(Cl)cc(Br)c(=O)n12.N#CC1CCC2(CC1)NC(=O)c1c(Cl)cc(Nc3ccncn3)c(=O)n12.N#CC1CCC2(CC1)NC(=O)c1c(Cl)cc(Nc3ccncn3)c(=O)n12.NC(=O)c1[nH]c(=O)c(Br)cc1Cl.Nc1ccncn1. The minimum absolute atomic E-state index is 0.0140. The summed E-state index contributed by atoms with van der Waals surface area (Å²) in [6, 6.07) is 19.5. The zero-order valence-corrected chi connectivity index (χ0v) is 58.7. The maximum absolute atomic E-state index is 13.1. The summed E-state index contributed by atoms with van der Waals surface area (Å²) in [6.07, 6.45) is 18.6. The number of aromatic nitrogens is 10. The van der Waals surface area contributed by atoms with Gasteiger partial charge in [-0.25, -0.2) is 29.9 Å². The summed E-state index contributed by atoms with van der Waals surface area (Å²) in [5, 5.41) is 51.0. The van der Waals surface area contributed by atoms with Crippen LogP contribution in [0.3, 0.4) is 0 Å². The Morgan fingerprint density at radius 3 is 1.19 bits per heavy atom. The van der Waals surface area contributed by atoms with Gasteiger partial charge in [-0.2, -0.15) is 21.0 Å². The summed E-state index contributed by atoms with van der Waals surface area (Å²) in [5.74, 6) is -0.0578. The van der Waals surface area contributed by atoms with E-state index in [-0.39, 0.29) is 117 Å². The van der Waals surface area contributed by atoms with E-state index in [1.165, 1.54) is 56.9 Å². The number of hydrogen-bond acceptors (Lipinski definition) is 22. The van der Waals surface area contributed by atoms with Crippen LogP contribution in [0, 0.1) is 69.0 Å². The molecule has 4 fully saturated rings. The molecule has 4 amide bonds. The molecular weight excluding hydrogens is 1510 g/mol. The van der Waals surface area contributed by atoms with Gasteiger partial charge in [-0.15, -0.1) is 0 Å². The molecule has 100 heavy (non-hydrogen) atoms. The fourth-order valence-corrected chi connectivity index (χ4v) is 14.6. The second-order valence-electron chi connectivity index (χ2n) is 23.8. The number of ketones is 1. The lowest BCUT2D eigenvalue weighted by Crippen LogP contribution is -2.49. The average molecular weight is 1570 g/mol. The van der Waals surface area contributed by atoms with Gasteiger partial charge < -0.3 is 43.0 Å². The lowest BCUT2D eigenvalue weighted by Gasteiger charge is -2.36. The molecule has 3 spiro atoms. The molecule has 7 aromatic rings. The minimum atomic E-state index is -0.830. The van der Waals surface area contributed by atoms with Crippen LogP contribution in [-0.2, 0) is 21.8 Å². The van der Waals surface area contributed by atoms with Crippen molar-refractivity contribution in [3.63, 3.8) is 0 Å². The Hall–Kier alpha value is -9.93. The van der Waals surface area contributed by atoms with E-state index >= 15 is 0 Å². The van der Waals surface area contributed by atoms with Gasteiger partial charge in [0, 0.05) is 55.1 Å². The van der Waals surface area contributed by atoms with Crippen LogP contribution in [0.2, 0.25) is 20.1 Å². The smallest absolute Gasteiger partial charge is 0.276 e. The summed E-state index contributed by atoms with van der Waals surface area (Å²) in [4.78, 5) is 133. The lowest BCUT2D eigenvalue weighted by molar-refractivity contribution is -0.120. The van der Waals surface area contributed by atoms with Crippen molar-refractivity contribution >= 4 is 137 Å². The first-order chi connectivity index (χ1) is 47.8. The number of hydrogen-bond donors (Lipinski definition) is 8. The lowest BCUT2D eigenvalue weighted by atomic mass is 9.82. The summed E-state index contributed by atoms with van der Waals surface area (Å²) >= 11 is 30.5. The number of amides is 4. The molecule has 7 aliphatic rings. The van der Waals surface area contributed by atoms with Gasteiger partial charge in [-0.1, -0.05) is 46.4 Å². The zero-order chi connectivity index (χ0) is 72.2. The molecule has 0 atom stereocenters. The number of nitrogens with one attached hydrogen (secondary N) is 6. The third-order valence-electron chi connectivity index (χ3n) is 17.6. The number of aromatic amines is 1. The van der Waals surface area contributed by atoms with Crippen molar-refractivity contribution in [3.05, 3.63) is 173 Å². The molecule has 516 valence electrons. The molecule has 0 radical (unpaired) electrons. The number of nitriles is 4. The number of anilines is 5. The van der Waals surface area contributed by atoms with E-state index in [2.05, 4.69) is 118 Å². The van der Waals surface area contributed by atoms with E-state index in [1.54, 1.807) is 36.8 Å². The van der Waals surface area contributed by atoms with Gasteiger partial charge in [0.15, 0.2) is 0 Å². The van der Waals surface area contributed by atoms with Crippen LogP contribution in [-0.4, -0.2) is 78.0 Å². The summed E-state index contributed by atoms with van der Waals surface area (Å²) < 4.78 is 4.97. The van der Waals surface area contributed by atoms with Crippen molar-refractivity contribution in [2.75, 3.05) is 16.4 Å². The van der Waals surface area contributed by atoms with Crippen LogP contribution >= 0.6 is 78.3 Å². The number of carbonyl (C=O) groups excluding carboxylic acids is 5. The molecule has 36 heteroatoms. The van der Waals surface area contributed by atoms with E-state index in [0.717, 1.165) is 12.8 Å². The number of fused-ring (bicyclic) bond motifs is 6. The first kappa shape index (κ1) is 74.3. The second-order valence-corrected chi connectivity index (χ2v) is 27.2.